The second-order valence-corrected chi connectivity index (χ2v) is 7.84. The second-order valence-electron chi connectivity index (χ2n) is 7.84. The Bertz CT molecular complexity index is 762. The first-order valence-electron chi connectivity index (χ1n) is 10.9. The molecule has 7 heteroatoms. The third-order valence-corrected chi connectivity index (χ3v) is 5.93. The Morgan fingerprint density at radius 2 is 2.17 bits per heavy atom. The zero-order valence-electron chi connectivity index (χ0n) is 18.1. The first-order valence-corrected chi connectivity index (χ1v) is 10.9. The minimum Gasteiger partial charge on any atom is -0.390 e. The summed E-state index contributed by atoms with van der Waals surface area (Å²) in [6.45, 7) is 9.67. The van der Waals surface area contributed by atoms with Crippen molar-refractivity contribution in [3.05, 3.63) is 47.3 Å². The number of aliphatic hydroxyl groups excluding tert-OH is 1. The number of fused-ring (bicyclic) bond motifs is 1. The molecule has 160 valence electrons. The molecule has 1 aliphatic rings. The molecule has 0 aromatic carbocycles. The van der Waals surface area contributed by atoms with Crippen LogP contribution in [0.3, 0.4) is 0 Å². The molecule has 0 saturated heterocycles. The summed E-state index contributed by atoms with van der Waals surface area (Å²) in [6.07, 6.45) is 7.18. The molecule has 0 bridgehead atoms. The SMILES string of the molecule is CCNCCN(CC)Cn1cnc(CN(C)[C@H]2CCCc3cccnc32)c1CO. The van der Waals surface area contributed by atoms with Crippen LogP contribution in [0.1, 0.15) is 55.4 Å². The molecule has 0 fully saturated rings. The highest BCUT2D eigenvalue weighted by Gasteiger charge is 2.26. The van der Waals surface area contributed by atoms with Crippen LogP contribution >= 0.6 is 0 Å². The van der Waals surface area contributed by atoms with E-state index in [1.165, 1.54) is 17.7 Å². The summed E-state index contributed by atoms with van der Waals surface area (Å²) in [4.78, 5) is 14.0. The van der Waals surface area contributed by atoms with Crippen LogP contribution in [0.25, 0.3) is 0 Å². The highest BCUT2D eigenvalue weighted by atomic mass is 16.3. The lowest BCUT2D eigenvalue weighted by atomic mass is 9.91. The van der Waals surface area contributed by atoms with Gasteiger partial charge >= 0.3 is 0 Å². The Morgan fingerprint density at radius 1 is 1.31 bits per heavy atom. The van der Waals surface area contributed by atoms with Crippen molar-refractivity contribution in [1.29, 1.82) is 0 Å². The van der Waals surface area contributed by atoms with Gasteiger partial charge in [-0.2, -0.15) is 0 Å². The molecule has 1 aliphatic carbocycles. The number of hydrogen-bond donors (Lipinski definition) is 2. The average Bonchev–Trinajstić information content (AvgIpc) is 3.13. The van der Waals surface area contributed by atoms with E-state index in [0.717, 1.165) is 57.1 Å². The fourth-order valence-electron chi connectivity index (χ4n) is 4.20. The van der Waals surface area contributed by atoms with Gasteiger partial charge in [-0.3, -0.25) is 14.8 Å². The van der Waals surface area contributed by atoms with E-state index in [1.54, 1.807) is 0 Å². The number of aryl methyl sites for hydroxylation is 1. The van der Waals surface area contributed by atoms with Crippen LogP contribution in [-0.2, 0) is 26.2 Å². The van der Waals surface area contributed by atoms with Gasteiger partial charge in [0.2, 0.25) is 0 Å². The molecule has 1 atom stereocenters. The molecule has 2 N–H and O–H groups in total. The topological polar surface area (TPSA) is 69.5 Å². The van der Waals surface area contributed by atoms with Gasteiger partial charge < -0.3 is 15.0 Å². The number of likely N-dealkylation sites (N-methyl/N-ethyl adjacent to an activating group) is 2. The van der Waals surface area contributed by atoms with Gasteiger partial charge in [-0.15, -0.1) is 0 Å². The first kappa shape index (κ1) is 21.9. The maximum Gasteiger partial charge on any atom is 0.0964 e. The number of nitrogens with zero attached hydrogens (tertiary/aromatic N) is 5. The number of aliphatic hydroxyl groups is 1. The molecular weight excluding hydrogens is 364 g/mol. The maximum atomic E-state index is 10.0. The van der Waals surface area contributed by atoms with Crippen molar-refractivity contribution >= 4 is 0 Å². The summed E-state index contributed by atoms with van der Waals surface area (Å²) in [5, 5.41) is 13.4. The van der Waals surface area contributed by atoms with E-state index in [1.807, 2.05) is 18.6 Å². The van der Waals surface area contributed by atoms with E-state index in [0.29, 0.717) is 12.6 Å². The molecule has 7 nitrogen and oxygen atoms in total. The van der Waals surface area contributed by atoms with Crippen LogP contribution in [0.5, 0.6) is 0 Å². The van der Waals surface area contributed by atoms with Crippen LogP contribution in [0.4, 0.5) is 0 Å². The smallest absolute Gasteiger partial charge is 0.0964 e. The predicted molar refractivity (Wildman–Crippen MR) is 115 cm³/mol. The molecule has 2 heterocycles. The summed E-state index contributed by atoms with van der Waals surface area (Å²) in [7, 11) is 2.14. The molecule has 3 rings (SSSR count). The standard InChI is InChI=1S/C22H36N6O/c1-4-23-12-13-27(5-2)17-28-16-25-19(21(28)15-29)14-26(3)20-10-6-8-18-9-7-11-24-22(18)20/h7,9,11,16,20,23,29H,4-6,8,10,12-15,17H2,1-3H3/t20-/m0/s1. The van der Waals surface area contributed by atoms with Gasteiger partial charge in [-0.05, 0) is 51.0 Å². The van der Waals surface area contributed by atoms with Crippen LogP contribution in [0.15, 0.2) is 24.7 Å². The molecule has 0 aliphatic heterocycles. The van der Waals surface area contributed by atoms with E-state index in [-0.39, 0.29) is 6.61 Å². The number of nitrogens with one attached hydrogen (secondary N) is 1. The normalized spacial score (nSPS) is 16.6. The van der Waals surface area contributed by atoms with Crippen molar-refractivity contribution in [2.45, 2.75) is 59.0 Å². The van der Waals surface area contributed by atoms with Gasteiger partial charge in [-0.1, -0.05) is 19.9 Å². The summed E-state index contributed by atoms with van der Waals surface area (Å²) in [5.74, 6) is 0. The Hall–Kier alpha value is -1.80. The van der Waals surface area contributed by atoms with Crippen LogP contribution in [0, 0.1) is 0 Å². The Labute approximate surface area is 174 Å². The van der Waals surface area contributed by atoms with Crippen molar-refractivity contribution in [3.63, 3.8) is 0 Å². The number of pyridine rings is 1. The van der Waals surface area contributed by atoms with E-state index in [2.05, 4.69) is 56.6 Å². The van der Waals surface area contributed by atoms with Crippen molar-refractivity contribution in [3.8, 4) is 0 Å². The zero-order chi connectivity index (χ0) is 20.6. The van der Waals surface area contributed by atoms with Crippen LogP contribution < -0.4 is 5.32 Å². The molecular formula is C22H36N6O. The largest absolute Gasteiger partial charge is 0.390 e. The summed E-state index contributed by atoms with van der Waals surface area (Å²) in [6, 6.07) is 4.54. The van der Waals surface area contributed by atoms with E-state index in [4.69, 9.17) is 0 Å². The van der Waals surface area contributed by atoms with Crippen molar-refractivity contribution in [1.82, 2.24) is 29.7 Å². The fourth-order valence-corrected chi connectivity index (χ4v) is 4.20. The van der Waals surface area contributed by atoms with Crippen molar-refractivity contribution < 1.29 is 5.11 Å². The Kier molecular flexibility index (Phi) is 8.18. The molecule has 29 heavy (non-hydrogen) atoms. The van der Waals surface area contributed by atoms with Gasteiger partial charge in [0.15, 0.2) is 0 Å². The lowest BCUT2D eigenvalue weighted by molar-refractivity contribution is 0.197. The van der Waals surface area contributed by atoms with Crippen LogP contribution in [-0.4, -0.2) is 62.7 Å². The lowest BCUT2D eigenvalue weighted by Gasteiger charge is -2.32. The minimum atomic E-state index is 0.00738. The van der Waals surface area contributed by atoms with Gasteiger partial charge in [-0.25, -0.2) is 4.98 Å². The van der Waals surface area contributed by atoms with Crippen LogP contribution in [0.2, 0.25) is 0 Å². The molecule has 0 spiro atoms. The Balaban J connectivity index is 1.69. The highest BCUT2D eigenvalue weighted by Crippen LogP contribution is 2.32. The maximum absolute atomic E-state index is 10.0. The van der Waals surface area contributed by atoms with E-state index in [9.17, 15) is 5.11 Å². The average molecular weight is 401 g/mol. The summed E-state index contributed by atoms with van der Waals surface area (Å²) >= 11 is 0. The van der Waals surface area contributed by atoms with Gasteiger partial charge in [0.1, 0.15) is 0 Å². The summed E-state index contributed by atoms with van der Waals surface area (Å²) < 4.78 is 2.09. The molecule has 2 aromatic heterocycles. The molecule has 0 radical (unpaired) electrons. The molecule has 0 saturated carbocycles. The molecule has 2 aromatic rings. The van der Waals surface area contributed by atoms with E-state index < -0.39 is 0 Å². The molecule has 0 amide bonds. The van der Waals surface area contributed by atoms with Gasteiger partial charge in [0.05, 0.1) is 42.7 Å². The second kappa shape index (κ2) is 10.8. The predicted octanol–water partition coefficient (Wildman–Crippen LogP) is 2.17. The number of rotatable bonds is 11. The van der Waals surface area contributed by atoms with Crippen molar-refractivity contribution in [2.24, 2.45) is 0 Å². The fraction of sp³-hybridized carbons (Fsp3) is 0.636. The Morgan fingerprint density at radius 3 is 2.93 bits per heavy atom. The number of hydrogen-bond acceptors (Lipinski definition) is 6. The zero-order valence-corrected chi connectivity index (χ0v) is 18.1. The quantitative estimate of drug-likeness (QED) is 0.564. The van der Waals surface area contributed by atoms with Crippen molar-refractivity contribution in [2.75, 3.05) is 33.2 Å². The third kappa shape index (κ3) is 5.42. The first-order chi connectivity index (χ1) is 14.2. The van der Waals surface area contributed by atoms with Gasteiger partial charge in [0.25, 0.3) is 0 Å². The number of imidazole rings is 1. The van der Waals surface area contributed by atoms with Gasteiger partial charge in [0, 0.05) is 25.8 Å². The molecule has 0 unspecified atom stereocenters. The lowest BCUT2D eigenvalue weighted by Crippen LogP contribution is -2.34. The minimum absolute atomic E-state index is 0.00738. The van der Waals surface area contributed by atoms with E-state index >= 15 is 0 Å². The number of aromatic nitrogens is 3. The third-order valence-electron chi connectivity index (χ3n) is 5.93. The highest BCUT2D eigenvalue weighted by molar-refractivity contribution is 5.26. The monoisotopic (exact) mass is 400 g/mol. The summed E-state index contributed by atoms with van der Waals surface area (Å²) in [5.41, 5.74) is 4.44.